The van der Waals surface area contributed by atoms with Crippen LogP contribution in [0.1, 0.15) is 0 Å². The summed E-state index contributed by atoms with van der Waals surface area (Å²) in [4.78, 5) is 13.7. The molecular formula is C14H11BrCl2N2O. The van der Waals surface area contributed by atoms with Crippen molar-refractivity contribution < 1.29 is 4.79 Å². The van der Waals surface area contributed by atoms with Crippen molar-refractivity contribution >= 4 is 56.5 Å². The van der Waals surface area contributed by atoms with Crippen LogP contribution in [-0.4, -0.2) is 13.1 Å². The third-order valence-electron chi connectivity index (χ3n) is 2.61. The molecule has 20 heavy (non-hydrogen) atoms. The number of hydrogen-bond donors (Lipinski definition) is 1. The summed E-state index contributed by atoms with van der Waals surface area (Å²) in [6.45, 7) is 0. The van der Waals surface area contributed by atoms with Crippen LogP contribution in [0.3, 0.4) is 0 Å². The number of nitrogens with zero attached hydrogens (tertiary/aromatic N) is 1. The Bertz CT molecular complexity index is 629. The van der Waals surface area contributed by atoms with Gasteiger partial charge < -0.3 is 5.32 Å². The molecular weight excluding hydrogens is 363 g/mol. The Morgan fingerprint density at radius 2 is 1.80 bits per heavy atom. The fourth-order valence-electron chi connectivity index (χ4n) is 1.64. The highest BCUT2D eigenvalue weighted by Crippen LogP contribution is 2.24. The Morgan fingerprint density at radius 1 is 1.15 bits per heavy atom. The maximum atomic E-state index is 12.2. The monoisotopic (exact) mass is 372 g/mol. The minimum Gasteiger partial charge on any atom is -0.307 e. The van der Waals surface area contributed by atoms with Gasteiger partial charge in [-0.1, -0.05) is 45.2 Å². The normalized spacial score (nSPS) is 10.2. The number of rotatable bonds is 2. The van der Waals surface area contributed by atoms with Gasteiger partial charge in [-0.15, -0.1) is 0 Å². The summed E-state index contributed by atoms with van der Waals surface area (Å²) < 4.78 is 0.903. The van der Waals surface area contributed by atoms with Gasteiger partial charge in [0.25, 0.3) is 0 Å². The number of urea groups is 1. The highest BCUT2D eigenvalue weighted by atomic mass is 79.9. The molecule has 0 aliphatic carbocycles. The predicted molar refractivity (Wildman–Crippen MR) is 88.0 cm³/mol. The zero-order chi connectivity index (χ0) is 14.7. The van der Waals surface area contributed by atoms with Crippen LogP contribution in [0.15, 0.2) is 46.9 Å². The Hall–Kier alpha value is -1.23. The molecule has 3 nitrogen and oxygen atoms in total. The number of halogens is 3. The minimum absolute atomic E-state index is 0.276. The molecule has 2 rings (SSSR count). The van der Waals surface area contributed by atoms with Gasteiger partial charge in [-0.2, -0.15) is 0 Å². The van der Waals surface area contributed by atoms with Crippen LogP contribution in [0.5, 0.6) is 0 Å². The number of amides is 2. The van der Waals surface area contributed by atoms with E-state index in [4.69, 9.17) is 23.2 Å². The van der Waals surface area contributed by atoms with Gasteiger partial charge >= 0.3 is 6.03 Å². The SMILES string of the molecule is CN(C(=O)Nc1cc(Cl)cc(Cl)c1)c1cccc(Br)c1. The summed E-state index contributed by atoms with van der Waals surface area (Å²) >= 11 is 15.2. The van der Waals surface area contributed by atoms with E-state index < -0.39 is 0 Å². The molecule has 0 fully saturated rings. The molecule has 0 radical (unpaired) electrons. The van der Waals surface area contributed by atoms with Crippen molar-refractivity contribution in [1.29, 1.82) is 0 Å². The molecule has 0 aliphatic heterocycles. The molecule has 6 heteroatoms. The molecule has 0 unspecified atom stereocenters. The average molecular weight is 374 g/mol. The Balaban J connectivity index is 2.15. The molecule has 0 saturated carbocycles. The van der Waals surface area contributed by atoms with Crippen LogP contribution >= 0.6 is 39.1 Å². The van der Waals surface area contributed by atoms with Crippen LogP contribution in [0.4, 0.5) is 16.2 Å². The summed E-state index contributed by atoms with van der Waals surface area (Å²) in [6.07, 6.45) is 0. The van der Waals surface area contributed by atoms with Crippen molar-refractivity contribution in [1.82, 2.24) is 0 Å². The quantitative estimate of drug-likeness (QED) is 0.748. The van der Waals surface area contributed by atoms with Crippen LogP contribution in [0.25, 0.3) is 0 Å². The predicted octanol–water partition coefficient (Wildman–Crippen LogP) is 5.42. The molecule has 104 valence electrons. The van der Waals surface area contributed by atoms with E-state index >= 15 is 0 Å². The van der Waals surface area contributed by atoms with Crippen LogP contribution < -0.4 is 10.2 Å². The molecule has 0 saturated heterocycles. The topological polar surface area (TPSA) is 32.3 Å². The van der Waals surface area contributed by atoms with Crippen molar-refractivity contribution in [3.8, 4) is 0 Å². The number of benzene rings is 2. The van der Waals surface area contributed by atoms with E-state index in [9.17, 15) is 4.79 Å². The lowest BCUT2D eigenvalue weighted by molar-refractivity contribution is 0.258. The van der Waals surface area contributed by atoms with Crippen LogP contribution in [0.2, 0.25) is 10.0 Å². The van der Waals surface area contributed by atoms with Gasteiger partial charge in [-0.25, -0.2) is 4.79 Å². The Labute approximate surface area is 135 Å². The van der Waals surface area contributed by atoms with Gasteiger partial charge in [-0.05, 0) is 36.4 Å². The zero-order valence-electron chi connectivity index (χ0n) is 10.5. The van der Waals surface area contributed by atoms with Gasteiger partial charge in [0, 0.05) is 32.9 Å². The van der Waals surface area contributed by atoms with Crippen molar-refractivity contribution in [2.24, 2.45) is 0 Å². The van der Waals surface area contributed by atoms with E-state index in [1.807, 2.05) is 24.3 Å². The van der Waals surface area contributed by atoms with E-state index in [2.05, 4.69) is 21.2 Å². The standard InChI is InChI=1S/C14H11BrCl2N2O/c1-19(13-4-2-3-9(15)5-13)14(20)18-12-7-10(16)6-11(17)8-12/h2-8H,1H3,(H,18,20). The van der Waals surface area contributed by atoms with Crippen molar-refractivity contribution in [3.05, 3.63) is 57.0 Å². The number of carbonyl (C=O) groups excluding carboxylic acids is 1. The lowest BCUT2D eigenvalue weighted by atomic mass is 10.3. The first-order chi connectivity index (χ1) is 9.45. The van der Waals surface area contributed by atoms with Gasteiger partial charge in [0.1, 0.15) is 0 Å². The Kier molecular flexibility index (Phi) is 4.91. The molecule has 0 aromatic heterocycles. The van der Waals surface area contributed by atoms with Crippen molar-refractivity contribution in [3.63, 3.8) is 0 Å². The van der Waals surface area contributed by atoms with Gasteiger partial charge in [0.2, 0.25) is 0 Å². The second-order valence-corrected chi connectivity index (χ2v) is 5.92. The first-order valence-electron chi connectivity index (χ1n) is 5.72. The van der Waals surface area contributed by atoms with Crippen molar-refractivity contribution in [2.75, 3.05) is 17.3 Å². The third-order valence-corrected chi connectivity index (χ3v) is 3.54. The van der Waals surface area contributed by atoms with Gasteiger partial charge in [0.05, 0.1) is 0 Å². The Morgan fingerprint density at radius 3 is 2.40 bits per heavy atom. The maximum absolute atomic E-state index is 12.2. The highest BCUT2D eigenvalue weighted by molar-refractivity contribution is 9.10. The molecule has 0 heterocycles. The summed E-state index contributed by atoms with van der Waals surface area (Å²) in [6, 6.07) is 12.1. The molecule has 1 N–H and O–H groups in total. The van der Waals surface area contributed by atoms with Crippen LogP contribution in [0, 0.1) is 0 Å². The average Bonchev–Trinajstić information content (AvgIpc) is 2.36. The molecule has 2 aromatic rings. The van der Waals surface area contributed by atoms with Gasteiger partial charge in [-0.3, -0.25) is 4.90 Å². The lowest BCUT2D eigenvalue weighted by Gasteiger charge is -2.18. The first-order valence-corrected chi connectivity index (χ1v) is 7.27. The highest BCUT2D eigenvalue weighted by Gasteiger charge is 2.11. The van der Waals surface area contributed by atoms with Crippen LogP contribution in [-0.2, 0) is 0 Å². The molecule has 2 aromatic carbocycles. The summed E-state index contributed by atoms with van der Waals surface area (Å²) in [7, 11) is 1.68. The lowest BCUT2D eigenvalue weighted by Crippen LogP contribution is -2.31. The summed E-state index contributed by atoms with van der Waals surface area (Å²) in [5.74, 6) is 0. The molecule has 0 spiro atoms. The van der Waals surface area contributed by atoms with E-state index in [0.717, 1.165) is 10.2 Å². The number of anilines is 2. The molecule has 2 amide bonds. The molecule has 0 atom stereocenters. The second-order valence-electron chi connectivity index (χ2n) is 4.13. The largest absolute Gasteiger partial charge is 0.326 e. The van der Waals surface area contributed by atoms with Gasteiger partial charge in [0.15, 0.2) is 0 Å². The zero-order valence-corrected chi connectivity index (χ0v) is 13.6. The fourth-order valence-corrected chi connectivity index (χ4v) is 2.55. The van der Waals surface area contributed by atoms with E-state index in [1.54, 1.807) is 25.2 Å². The second kappa shape index (κ2) is 6.48. The fraction of sp³-hybridized carbons (Fsp3) is 0.0714. The molecule has 0 aliphatic rings. The molecule has 0 bridgehead atoms. The number of carbonyl (C=O) groups is 1. The number of hydrogen-bond acceptors (Lipinski definition) is 1. The van der Waals surface area contributed by atoms with Crippen molar-refractivity contribution in [2.45, 2.75) is 0 Å². The number of nitrogens with one attached hydrogen (secondary N) is 1. The smallest absolute Gasteiger partial charge is 0.307 e. The minimum atomic E-state index is -0.276. The van der Waals surface area contributed by atoms with E-state index in [1.165, 1.54) is 4.90 Å². The summed E-state index contributed by atoms with van der Waals surface area (Å²) in [5, 5.41) is 3.68. The summed E-state index contributed by atoms with van der Waals surface area (Å²) in [5.41, 5.74) is 1.32. The first kappa shape index (κ1) is 15.2. The maximum Gasteiger partial charge on any atom is 0.326 e. The van der Waals surface area contributed by atoms with E-state index in [0.29, 0.717) is 15.7 Å². The van der Waals surface area contributed by atoms with E-state index in [-0.39, 0.29) is 6.03 Å². The third kappa shape index (κ3) is 3.88.